The average Bonchev–Trinajstić information content (AvgIpc) is 1.70. The van der Waals surface area contributed by atoms with Crippen molar-refractivity contribution in [3.05, 3.63) is 231 Å². The lowest BCUT2D eigenvalue weighted by Gasteiger charge is -2.37. The number of amides is 1. The Morgan fingerprint density at radius 3 is 1.16 bits per heavy atom. The summed E-state index contributed by atoms with van der Waals surface area (Å²) in [6.45, 7) is 7.46. The molecule has 0 unspecified atom stereocenters. The monoisotopic (exact) mass is 1910 g/mol. The number of carbonyl (C=O) groups is 1. The van der Waals surface area contributed by atoms with Crippen LogP contribution >= 0.6 is 0 Å². The van der Waals surface area contributed by atoms with E-state index in [9.17, 15) is 39.6 Å². The van der Waals surface area contributed by atoms with E-state index < -0.39 is 56.5 Å². The molecule has 5 aromatic heterocycles. The summed E-state index contributed by atoms with van der Waals surface area (Å²) in [5, 5.41) is 35.6. The maximum absolute atomic E-state index is 15.6. The third-order valence-corrected chi connectivity index (χ3v) is 26.8. The zero-order chi connectivity index (χ0) is 97.0. The molecule has 0 atom stereocenters. The van der Waals surface area contributed by atoms with Gasteiger partial charge in [-0.1, -0.05) is 120 Å². The topological polar surface area (TPSA) is 341 Å². The third-order valence-electron chi connectivity index (χ3n) is 26.1. The highest BCUT2D eigenvalue weighted by molar-refractivity contribution is 7.88. The van der Waals surface area contributed by atoms with E-state index >= 15 is 17.6 Å². The van der Waals surface area contributed by atoms with Crippen molar-refractivity contribution in [3.8, 4) is 18.4 Å². The lowest BCUT2D eigenvalue weighted by molar-refractivity contribution is -0.117. The Kier molecular flexibility index (Phi) is 33.5. The lowest BCUT2D eigenvalue weighted by atomic mass is 9.80. The molecule has 0 bridgehead atoms. The van der Waals surface area contributed by atoms with Gasteiger partial charge in [-0.25, -0.2) is 79.4 Å². The van der Waals surface area contributed by atoms with Crippen molar-refractivity contribution in [2.24, 2.45) is 34.8 Å². The number of nitriles is 1. The summed E-state index contributed by atoms with van der Waals surface area (Å²) >= 11 is 0. The summed E-state index contributed by atoms with van der Waals surface area (Å²) in [5.74, 6) is -4.25. The number of benzene rings is 5. The quantitative estimate of drug-likeness (QED) is 0.0139. The molecule has 7 fully saturated rings. The number of terminal acetylenes is 1. The van der Waals surface area contributed by atoms with Crippen LogP contribution in [0.1, 0.15) is 204 Å². The highest BCUT2D eigenvalue weighted by Gasteiger charge is 2.40. The number of nitrogens with two attached hydrogens (primary N) is 1. The molecular formula is C99H117F10N23O4S. The predicted molar refractivity (Wildman–Crippen MR) is 504 cm³/mol. The zero-order valence-electron chi connectivity index (χ0n) is 77.2. The van der Waals surface area contributed by atoms with E-state index in [4.69, 9.17) is 22.2 Å². The number of alkyl halides is 6. The van der Waals surface area contributed by atoms with Crippen LogP contribution < -0.4 is 51.3 Å². The number of halogens is 10. The Balaban J connectivity index is 0.000000146. The Morgan fingerprint density at radius 1 is 0.482 bits per heavy atom. The van der Waals surface area contributed by atoms with Crippen LogP contribution in [0.15, 0.2) is 147 Å². The molecule has 0 spiro atoms. The molecule has 1 aliphatic heterocycles. The van der Waals surface area contributed by atoms with Gasteiger partial charge in [0.05, 0.1) is 18.7 Å². The van der Waals surface area contributed by atoms with Crippen molar-refractivity contribution >= 4 is 62.5 Å². The molecular weight excluding hydrogens is 1800 g/mol. The highest BCUT2D eigenvalue weighted by atomic mass is 32.2. The maximum atomic E-state index is 15.6. The number of nitrogens with zero attached hydrogens (tertiary/aromatic N) is 16. The first-order chi connectivity index (χ1) is 65.7. The molecule has 1 saturated heterocycles. The number of rotatable bonds is 39. The summed E-state index contributed by atoms with van der Waals surface area (Å²) < 4.78 is 174. The molecule has 137 heavy (non-hydrogen) atoms. The zero-order valence-corrected chi connectivity index (χ0v) is 78.1. The van der Waals surface area contributed by atoms with Crippen molar-refractivity contribution in [3.63, 3.8) is 0 Å². The number of hydrogen-bond donors (Lipinski definition) is 7. The summed E-state index contributed by atoms with van der Waals surface area (Å²) in [6, 6.07) is 36.6. The summed E-state index contributed by atoms with van der Waals surface area (Å²) in [6.07, 6.45) is 30.8. The van der Waals surface area contributed by atoms with Gasteiger partial charge in [0.1, 0.15) is 25.3 Å². The molecule has 38 heteroatoms. The van der Waals surface area contributed by atoms with E-state index in [1.54, 1.807) is 36.4 Å². The average molecular weight is 1920 g/mol. The number of aromatic amines is 1. The number of anilines is 8. The van der Waals surface area contributed by atoms with Crippen LogP contribution in [0.4, 0.5) is 90.4 Å². The number of primary amides is 1. The van der Waals surface area contributed by atoms with Crippen molar-refractivity contribution in [1.82, 2.24) is 65.2 Å². The number of ether oxygens (including phenoxy) is 1. The first-order valence-corrected chi connectivity index (χ1v) is 48.6. The van der Waals surface area contributed by atoms with Gasteiger partial charge in [-0.05, 0) is 185 Å². The third kappa shape index (κ3) is 29.3. The molecule has 0 radical (unpaired) electrons. The molecule has 6 heterocycles. The molecule has 7 aliphatic rings. The second-order valence-corrected chi connectivity index (χ2v) is 39.1. The molecule has 5 aromatic carbocycles. The minimum atomic E-state index is -3.38. The van der Waals surface area contributed by atoms with Gasteiger partial charge in [-0.2, -0.15) is 28.0 Å². The van der Waals surface area contributed by atoms with Crippen LogP contribution in [-0.4, -0.2) is 145 Å². The van der Waals surface area contributed by atoms with Gasteiger partial charge in [0.15, 0.2) is 52.4 Å². The van der Waals surface area contributed by atoms with E-state index in [-0.39, 0.29) is 100 Å². The lowest BCUT2D eigenvalue weighted by Crippen LogP contribution is -2.45. The molecule has 17 rings (SSSR count). The maximum Gasteiger partial charge on any atom is 0.270 e. The molecule has 6 saturated carbocycles. The van der Waals surface area contributed by atoms with Gasteiger partial charge in [0.2, 0.25) is 39.2 Å². The number of sulfonamides is 1. The molecule has 6 aliphatic carbocycles. The fourth-order valence-electron chi connectivity index (χ4n) is 17.3. The van der Waals surface area contributed by atoms with Crippen LogP contribution in [0.2, 0.25) is 0 Å². The van der Waals surface area contributed by atoms with E-state index in [1.807, 2.05) is 68.1 Å². The van der Waals surface area contributed by atoms with Crippen LogP contribution in [0.5, 0.6) is 0 Å². The van der Waals surface area contributed by atoms with E-state index in [1.165, 1.54) is 61.7 Å². The number of tetrazole rings is 1. The Morgan fingerprint density at radius 2 is 0.825 bits per heavy atom. The first kappa shape index (κ1) is 101. The van der Waals surface area contributed by atoms with Crippen LogP contribution in [-0.2, 0) is 82.9 Å². The van der Waals surface area contributed by atoms with Crippen molar-refractivity contribution in [2.45, 2.75) is 230 Å². The summed E-state index contributed by atoms with van der Waals surface area (Å²) in [7, 11) is -3.38. The number of nitrogens with one attached hydrogen (secondary N) is 6. The first-order valence-electron chi connectivity index (χ1n) is 46.7. The van der Waals surface area contributed by atoms with Crippen molar-refractivity contribution in [2.75, 3.05) is 86.5 Å². The van der Waals surface area contributed by atoms with E-state index in [0.717, 1.165) is 181 Å². The number of carbonyl (C=O) groups excluding carboxylic acids is 1. The van der Waals surface area contributed by atoms with Gasteiger partial charge in [-0.15, -0.1) is 16.6 Å². The fraction of sp³-hybridized carbons (Fsp3) is 0.485. The highest BCUT2D eigenvalue weighted by Crippen LogP contribution is 2.43. The van der Waals surface area contributed by atoms with Gasteiger partial charge in [0, 0.05) is 158 Å². The Bertz CT molecular complexity index is 5800. The minimum Gasteiger partial charge on any atom is -0.381 e. The Hall–Kier alpha value is -12.4. The van der Waals surface area contributed by atoms with Gasteiger partial charge < -0.3 is 51.3 Å². The van der Waals surface area contributed by atoms with Crippen LogP contribution in [0, 0.1) is 76.0 Å². The van der Waals surface area contributed by atoms with Crippen LogP contribution in [0.25, 0.3) is 0 Å². The van der Waals surface area contributed by atoms with E-state index in [2.05, 4.69) is 98.5 Å². The number of hydrogen-bond acceptors (Lipinski definition) is 24. The van der Waals surface area contributed by atoms with Crippen molar-refractivity contribution < 1.29 is 61.9 Å². The fourth-order valence-corrected chi connectivity index (χ4v) is 17.9. The molecule has 8 N–H and O–H groups in total. The number of H-pyrrole nitrogens is 1. The summed E-state index contributed by atoms with van der Waals surface area (Å²) in [4.78, 5) is 52.1. The molecule has 10 aromatic rings. The minimum absolute atomic E-state index is 0.0345. The predicted octanol–water partition coefficient (Wildman–Crippen LogP) is 18.0. The smallest absolute Gasteiger partial charge is 0.270 e. The normalized spacial score (nSPS) is 18.1. The second kappa shape index (κ2) is 45.7. The molecule has 1 amide bonds. The Labute approximate surface area is 792 Å². The van der Waals surface area contributed by atoms with Gasteiger partial charge in [0.25, 0.3) is 17.8 Å². The number of aromatic nitrogens is 12. The van der Waals surface area contributed by atoms with Crippen LogP contribution in [0.3, 0.4) is 0 Å². The molecule has 728 valence electrons. The van der Waals surface area contributed by atoms with E-state index in [0.29, 0.717) is 114 Å². The summed E-state index contributed by atoms with van der Waals surface area (Å²) in [5.41, 5.74) is 10.7. The van der Waals surface area contributed by atoms with Gasteiger partial charge in [-0.3, -0.25) is 4.79 Å². The SMILES string of the molecule is C#Cc1ccc(CN(c2ncnc(NCc3ccc(CC(N)=O)cc3)c2F)C2CC2)cc1.CC(F)(F)c1ccc(CN(c2ncnc(NCC3(CNS(C)(=O)=O)CCOCC3)c2F)C2CC2)cc1.CC(F)(F)c1ccc(CN(c2ncnc(NCC3CCC(CC#N)CC3)c2F)C2CC2)cc1.CC(F)(F)c1ccc(CN(c2ncnc(NCC3CCC(Cc4nn[nH]n4)CC3)c2F)C2CC2)cc1. The molecule has 27 nitrogen and oxygen atoms in total. The standard InChI is InChI=1S/C25H31F3N8.C25H30F3N5.C25H24FN5O.C24H32F3N5O3S/c1-25(27,28)19-8-6-18(7-9-19)14-36(20-10-11-20)24-22(26)23(30-15-31-24)29-13-17-4-2-16(3-5-17)12-21-32-34-35-33-21;1-25(27,28)20-8-6-19(7-9-20)15-33(21-10-11-21)24-22(26)23(31-16-32-24)30-14-18-4-2-17(3-5-18)12-13-29;1-2-17-3-9-20(10-4-17)15-31(21-11-12-21)25-23(26)24(29-16-30-25)28-14-19-7-5-18(6-8-19)13-22(27)32;1-23(26,27)18-5-3-17(4-6-18)13-32(19-7-8-19)22-20(25)21(29-16-30-22)28-14-24(9-11-35-12-10-24)15-31-36(2,33)34/h6-9,15-17,20H,2-5,10-14H2,1H3,(H,29,30,31)(H,32,33,34,35);6-9,16-18,21H,2-5,10-12,14-15H2,1H3,(H,30,31,32);1,3-10,16,21H,11-15H2,(H2,27,32)(H,28,29,30);3-6,16,19,31H,7-15H2,1-2H3,(H,28,29,30). The largest absolute Gasteiger partial charge is 0.381 e. The van der Waals surface area contributed by atoms with Gasteiger partial charge >= 0.3 is 0 Å². The second-order valence-electron chi connectivity index (χ2n) is 37.3. The van der Waals surface area contributed by atoms with Crippen molar-refractivity contribution in [1.29, 1.82) is 5.26 Å².